The van der Waals surface area contributed by atoms with Gasteiger partial charge in [-0.3, -0.25) is 9.78 Å². The number of phenolic OH excluding ortho intramolecular Hbond substituents is 1. The molecule has 5 heteroatoms. The summed E-state index contributed by atoms with van der Waals surface area (Å²) in [6, 6.07) is 8.35. The molecular weight excluding hydrogens is 308 g/mol. The number of aromatic nitrogens is 1. The van der Waals surface area contributed by atoms with Crippen molar-refractivity contribution in [1.29, 1.82) is 0 Å². The predicted octanol–water partition coefficient (Wildman–Crippen LogP) is 3.22. The van der Waals surface area contributed by atoms with E-state index in [0.717, 1.165) is 4.47 Å². The number of amides is 1. The van der Waals surface area contributed by atoms with E-state index in [-0.39, 0.29) is 11.7 Å². The number of rotatable bonds is 3. The van der Waals surface area contributed by atoms with E-state index in [0.29, 0.717) is 17.8 Å². The normalized spacial score (nSPS) is 10.2. The fourth-order valence-electron chi connectivity index (χ4n) is 1.79. The van der Waals surface area contributed by atoms with Gasteiger partial charge < -0.3 is 10.0 Å². The van der Waals surface area contributed by atoms with Crippen LogP contribution in [0, 0.1) is 0 Å². The minimum absolute atomic E-state index is 0.135. The maximum Gasteiger partial charge on any atom is 0.259 e. The lowest BCUT2D eigenvalue weighted by Gasteiger charge is -2.21. The number of benzene rings is 1. The molecule has 0 fully saturated rings. The Balaban J connectivity index is 2.34. The molecule has 2 rings (SSSR count). The van der Waals surface area contributed by atoms with Crippen LogP contribution in [0.2, 0.25) is 0 Å². The smallest absolute Gasteiger partial charge is 0.259 e. The van der Waals surface area contributed by atoms with E-state index in [1.54, 1.807) is 41.4 Å². The van der Waals surface area contributed by atoms with Gasteiger partial charge in [0.2, 0.25) is 0 Å². The van der Waals surface area contributed by atoms with Gasteiger partial charge in [0.05, 0.1) is 5.56 Å². The van der Waals surface area contributed by atoms with Gasteiger partial charge in [0.1, 0.15) is 5.75 Å². The van der Waals surface area contributed by atoms with Crippen LogP contribution in [-0.4, -0.2) is 22.5 Å². The van der Waals surface area contributed by atoms with Crippen molar-refractivity contribution in [3.8, 4) is 5.75 Å². The zero-order valence-corrected chi connectivity index (χ0v) is 12.0. The van der Waals surface area contributed by atoms with E-state index < -0.39 is 0 Å². The summed E-state index contributed by atoms with van der Waals surface area (Å²) >= 11 is 3.30. The molecule has 0 atom stereocenters. The van der Waals surface area contributed by atoms with Gasteiger partial charge in [0, 0.05) is 35.2 Å². The third-order valence-electron chi connectivity index (χ3n) is 2.65. The molecule has 1 N–H and O–H groups in total. The van der Waals surface area contributed by atoms with Gasteiger partial charge in [-0.25, -0.2) is 0 Å². The molecule has 2 aromatic rings. The summed E-state index contributed by atoms with van der Waals surface area (Å²) in [6.07, 6.45) is 3.15. The lowest BCUT2D eigenvalue weighted by atomic mass is 10.2. The minimum Gasteiger partial charge on any atom is -0.508 e. The highest BCUT2D eigenvalue weighted by molar-refractivity contribution is 9.10. The Morgan fingerprint density at radius 3 is 2.79 bits per heavy atom. The number of hydrogen-bond acceptors (Lipinski definition) is 3. The molecule has 19 heavy (non-hydrogen) atoms. The van der Waals surface area contributed by atoms with Crippen LogP contribution >= 0.6 is 15.9 Å². The molecule has 0 saturated heterocycles. The Morgan fingerprint density at radius 1 is 1.37 bits per heavy atom. The highest BCUT2D eigenvalue weighted by atomic mass is 79.9. The van der Waals surface area contributed by atoms with E-state index in [9.17, 15) is 9.90 Å². The molecule has 1 aromatic heterocycles. The Morgan fingerprint density at radius 2 is 2.16 bits per heavy atom. The van der Waals surface area contributed by atoms with Crippen molar-refractivity contribution < 1.29 is 9.90 Å². The number of nitrogens with zero attached hydrogens (tertiary/aromatic N) is 2. The van der Waals surface area contributed by atoms with E-state index >= 15 is 0 Å². The lowest BCUT2D eigenvalue weighted by Crippen LogP contribution is -2.30. The van der Waals surface area contributed by atoms with Gasteiger partial charge in [-0.2, -0.15) is 0 Å². The second-order valence-corrected chi connectivity index (χ2v) is 4.88. The zero-order chi connectivity index (χ0) is 13.8. The van der Waals surface area contributed by atoms with Gasteiger partial charge in [0.15, 0.2) is 0 Å². The first-order valence-electron chi connectivity index (χ1n) is 5.83. The fraction of sp³-hybridized carbons (Fsp3) is 0.143. The number of carbonyl (C=O) groups excluding carboxylic acids is 1. The summed E-state index contributed by atoms with van der Waals surface area (Å²) in [5, 5.41) is 9.50. The lowest BCUT2D eigenvalue weighted by molar-refractivity contribution is 0.0988. The Hall–Kier alpha value is -1.88. The quantitative estimate of drug-likeness (QED) is 0.944. The van der Waals surface area contributed by atoms with Gasteiger partial charge in [-0.1, -0.05) is 6.07 Å². The molecular formula is C14H13BrN2O2. The molecule has 1 heterocycles. The first-order chi connectivity index (χ1) is 9.11. The predicted molar refractivity (Wildman–Crippen MR) is 77.4 cm³/mol. The molecule has 0 unspecified atom stereocenters. The zero-order valence-electron chi connectivity index (χ0n) is 10.4. The van der Waals surface area contributed by atoms with Crippen LogP contribution in [0.1, 0.15) is 17.3 Å². The van der Waals surface area contributed by atoms with Crippen molar-refractivity contribution in [3.05, 3.63) is 52.8 Å². The topological polar surface area (TPSA) is 53.4 Å². The summed E-state index contributed by atoms with van der Waals surface area (Å²) in [5.41, 5.74) is 1.16. The Bertz CT molecular complexity index is 602. The number of phenols is 1. The molecule has 0 saturated carbocycles. The number of pyridine rings is 1. The standard InChI is InChI=1S/C14H13BrN2O2/c1-2-17(12-4-3-5-13(18)7-12)14(19)10-6-11(15)9-16-8-10/h3-9,18H,2H2,1H3. The van der Waals surface area contributed by atoms with Gasteiger partial charge >= 0.3 is 0 Å². The van der Waals surface area contributed by atoms with Crippen molar-refractivity contribution in [1.82, 2.24) is 4.98 Å². The van der Waals surface area contributed by atoms with E-state index in [1.165, 1.54) is 6.20 Å². The van der Waals surface area contributed by atoms with Crippen LogP contribution in [0.4, 0.5) is 5.69 Å². The minimum atomic E-state index is -0.151. The SMILES string of the molecule is CCN(C(=O)c1cncc(Br)c1)c1cccc(O)c1. The number of anilines is 1. The number of halogens is 1. The molecule has 0 aliphatic heterocycles. The second kappa shape index (κ2) is 5.84. The number of hydrogen-bond donors (Lipinski definition) is 1. The molecule has 1 aromatic carbocycles. The summed E-state index contributed by atoms with van der Waals surface area (Å²) in [4.78, 5) is 18.0. The molecule has 0 spiro atoms. The van der Waals surface area contributed by atoms with Crippen LogP contribution < -0.4 is 4.90 Å². The van der Waals surface area contributed by atoms with Gasteiger partial charge in [0.25, 0.3) is 5.91 Å². The van der Waals surface area contributed by atoms with E-state index in [2.05, 4.69) is 20.9 Å². The summed E-state index contributed by atoms with van der Waals surface area (Å²) in [7, 11) is 0. The molecule has 0 bridgehead atoms. The maximum absolute atomic E-state index is 12.4. The number of carbonyl (C=O) groups is 1. The van der Waals surface area contributed by atoms with Gasteiger partial charge in [-0.05, 0) is 41.1 Å². The van der Waals surface area contributed by atoms with Crippen molar-refractivity contribution in [2.24, 2.45) is 0 Å². The molecule has 0 aliphatic rings. The molecule has 4 nitrogen and oxygen atoms in total. The third-order valence-corrected chi connectivity index (χ3v) is 3.09. The average Bonchev–Trinajstić information content (AvgIpc) is 2.39. The van der Waals surface area contributed by atoms with Crippen LogP contribution in [0.25, 0.3) is 0 Å². The van der Waals surface area contributed by atoms with Gasteiger partial charge in [-0.15, -0.1) is 0 Å². The summed E-state index contributed by atoms with van der Waals surface area (Å²) in [5.74, 6) is -0.0157. The van der Waals surface area contributed by atoms with Crippen molar-refractivity contribution >= 4 is 27.5 Å². The first kappa shape index (κ1) is 13.5. The van der Waals surface area contributed by atoms with Crippen molar-refractivity contribution in [2.75, 3.05) is 11.4 Å². The monoisotopic (exact) mass is 320 g/mol. The maximum atomic E-state index is 12.4. The molecule has 98 valence electrons. The largest absolute Gasteiger partial charge is 0.508 e. The summed E-state index contributed by atoms with van der Waals surface area (Å²) in [6.45, 7) is 2.39. The van der Waals surface area contributed by atoms with Crippen LogP contribution in [0.5, 0.6) is 5.75 Å². The van der Waals surface area contributed by atoms with E-state index in [4.69, 9.17) is 0 Å². The third kappa shape index (κ3) is 3.12. The van der Waals surface area contributed by atoms with Crippen LogP contribution in [0.15, 0.2) is 47.2 Å². The Labute approximate surface area is 119 Å². The number of aromatic hydroxyl groups is 1. The van der Waals surface area contributed by atoms with Crippen LogP contribution in [0.3, 0.4) is 0 Å². The average molecular weight is 321 g/mol. The van der Waals surface area contributed by atoms with E-state index in [1.807, 2.05) is 6.92 Å². The van der Waals surface area contributed by atoms with Crippen molar-refractivity contribution in [2.45, 2.75) is 6.92 Å². The Kier molecular flexibility index (Phi) is 4.16. The molecule has 0 radical (unpaired) electrons. The van der Waals surface area contributed by atoms with Crippen LogP contribution in [-0.2, 0) is 0 Å². The molecule has 1 amide bonds. The molecule has 0 aliphatic carbocycles. The summed E-state index contributed by atoms with van der Waals surface area (Å²) < 4.78 is 0.755. The fourth-order valence-corrected chi connectivity index (χ4v) is 2.15. The highest BCUT2D eigenvalue weighted by Crippen LogP contribution is 2.22. The second-order valence-electron chi connectivity index (χ2n) is 3.96. The first-order valence-corrected chi connectivity index (χ1v) is 6.62. The van der Waals surface area contributed by atoms with Crippen molar-refractivity contribution in [3.63, 3.8) is 0 Å². The highest BCUT2D eigenvalue weighted by Gasteiger charge is 2.16.